The third-order valence-electron chi connectivity index (χ3n) is 3.44. The quantitative estimate of drug-likeness (QED) is 0.840. The van der Waals surface area contributed by atoms with E-state index in [2.05, 4.69) is 43.4 Å². The van der Waals surface area contributed by atoms with E-state index >= 15 is 0 Å². The van der Waals surface area contributed by atoms with Crippen molar-refractivity contribution in [3.8, 4) is 0 Å². The van der Waals surface area contributed by atoms with Gasteiger partial charge in [-0.3, -0.25) is 4.79 Å². The summed E-state index contributed by atoms with van der Waals surface area (Å²) in [5.74, 6) is 0.586. The third kappa shape index (κ3) is 2.50. The second kappa shape index (κ2) is 4.79. The van der Waals surface area contributed by atoms with Gasteiger partial charge in [-0.15, -0.1) is 0 Å². The lowest BCUT2D eigenvalue weighted by Crippen LogP contribution is -2.29. The molecule has 1 heterocycles. The molecule has 2 nitrogen and oxygen atoms in total. The van der Waals surface area contributed by atoms with Crippen LogP contribution in [0.3, 0.4) is 0 Å². The summed E-state index contributed by atoms with van der Waals surface area (Å²) >= 11 is 0. The lowest BCUT2D eigenvalue weighted by molar-refractivity contribution is -0.122. The van der Waals surface area contributed by atoms with E-state index in [1.165, 1.54) is 5.56 Å². The Kier molecular flexibility index (Phi) is 3.39. The summed E-state index contributed by atoms with van der Waals surface area (Å²) in [4.78, 5) is 12.1. The van der Waals surface area contributed by atoms with Crippen molar-refractivity contribution in [3.63, 3.8) is 0 Å². The predicted molar refractivity (Wildman–Crippen MR) is 65.5 cm³/mol. The Morgan fingerprint density at radius 2 is 2.06 bits per heavy atom. The number of nitrogens with one attached hydrogen (secondary N) is 1. The molecule has 0 spiro atoms. The van der Waals surface area contributed by atoms with Crippen LogP contribution in [0.1, 0.15) is 24.5 Å². The van der Waals surface area contributed by atoms with Crippen LogP contribution in [0.25, 0.3) is 0 Å². The summed E-state index contributed by atoms with van der Waals surface area (Å²) < 4.78 is 0. The van der Waals surface area contributed by atoms with Crippen molar-refractivity contribution < 1.29 is 4.79 Å². The fourth-order valence-corrected chi connectivity index (χ4v) is 2.34. The fourth-order valence-electron chi connectivity index (χ4n) is 2.34. The smallest absolute Gasteiger partial charge is 0.141 e. The highest BCUT2D eigenvalue weighted by Crippen LogP contribution is 2.18. The number of Topliss-reactive ketones (excluding diaryl/α,β-unsaturated/α-hetero) is 1. The molecule has 2 heteroatoms. The number of ketones is 1. The monoisotopic (exact) mass is 217 g/mol. The number of carbonyl (C=O) groups is 1. The Morgan fingerprint density at radius 1 is 1.38 bits per heavy atom. The van der Waals surface area contributed by atoms with E-state index in [4.69, 9.17) is 0 Å². The Balaban J connectivity index is 1.99. The first-order chi connectivity index (χ1) is 7.66. The van der Waals surface area contributed by atoms with E-state index in [-0.39, 0.29) is 5.92 Å². The number of hydrogen-bond donors (Lipinski definition) is 1. The van der Waals surface area contributed by atoms with Crippen LogP contribution in [0.15, 0.2) is 24.3 Å². The molecule has 1 aromatic carbocycles. The summed E-state index contributed by atoms with van der Waals surface area (Å²) in [6, 6.07) is 8.59. The van der Waals surface area contributed by atoms with E-state index < -0.39 is 0 Å². The Hall–Kier alpha value is -1.15. The SMILES string of the molecule is Cc1ccc(CC(=O)C2CCNC2C)cc1. The van der Waals surface area contributed by atoms with E-state index in [1.54, 1.807) is 0 Å². The molecule has 1 N–H and O–H groups in total. The van der Waals surface area contributed by atoms with E-state index in [0.29, 0.717) is 18.2 Å². The van der Waals surface area contributed by atoms with E-state index in [1.807, 2.05) is 0 Å². The molecule has 0 radical (unpaired) electrons. The zero-order valence-electron chi connectivity index (χ0n) is 9.99. The number of hydrogen-bond acceptors (Lipinski definition) is 2. The zero-order chi connectivity index (χ0) is 11.5. The average Bonchev–Trinajstić information content (AvgIpc) is 2.68. The van der Waals surface area contributed by atoms with Gasteiger partial charge in [-0.1, -0.05) is 29.8 Å². The molecule has 1 saturated heterocycles. The van der Waals surface area contributed by atoms with Crippen LogP contribution in [-0.2, 0) is 11.2 Å². The minimum Gasteiger partial charge on any atom is -0.314 e. The number of rotatable bonds is 3. The summed E-state index contributed by atoms with van der Waals surface area (Å²) in [6.45, 7) is 5.14. The molecule has 2 atom stereocenters. The molecule has 2 rings (SSSR count). The molecule has 1 aliphatic heterocycles. The van der Waals surface area contributed by atoms with Crippen molar-refractivity contribution in [2.75, 3.05) is 6.54 Å². The summed E-state index contributed by atoms with van der Waals surface area (Å²) in [5, 5.41) is 3.32. The number of aryl methyl sites for hydroxylation is 1. The van der Waals surface area contributed by atoms with Gasteiger partial charge in [0.15, 0.2) is 0 Å². The first kappa shape index (κ1) is 11.3. The van der Waals surface area contributed by atoms with Gasteiger partial charge in [-0.25, -0.2) is 0 Å². The molecule has 0 amide bonds. The topological polar surface area (TPSA) is 29.1 Å². The molecule has 0 aromatic heterocycles. The highest BCUT2D eigenvalue weighted by molar-refractivity contribution is 5.84. The van der Waals surface area contributed by atoms with Gasteiger partial charge in [0, 0.05) is 18.4 Å². The standard InChI is InChI=1S/C14H19NO/c1-10-3-5-12(6-4-10)9-14(16)13-7-8-15-11(13)2/h3-6,11,13,15H,7-9H2,1-2H3. The van der Waals surface area contributed by atoms with Crippen LogP contribution in [0.5, 0.6) is 0 Å². The molecule has 2 unspecified atom stereocenters. The largest absolute Gasteiger partial charge is 0.314 e. The molecule has 86 valence electrons. The van der Waals surface area contributed by atoms with E-state index in [9.17, 15) is 4.79 Å². The van der Waals surface area contributed by atoms with Crippen molar-refractivity contribution in [3.05, 3.63) is 35.4 Å². The number of carbonyl (C=O) groups excluding carboxylic acids is 1. The third-order valence-corrected chi connectivity index (χ3v) is 3.44. The van der Waals surface area contributed by atoms with Gasteiger partial charge in [0.1, 0.15) is 5.78 Å². The molecular weight excluding hydrogens is 198 g/mol. The minimum atomic E-state index is 0.210. The van der Waals surface area contributed by atoms with Crippen molar-refractivity contribution in [2.45, 2.75) is 32.7 Å². The van der Waals surface area contributed by atoms with E-state index in [0.717, 1.165) is 18.5 Å². The highest BCUT2D eigenvalue weighted by Gasteiger charge is 2.28. The molecule has 1 aromatic rings. The highest BCUT2D eigenvalue weighted by atomic mass is 16.1. The molecule has 1 aliphatic rings. The zero-order valence-corrected chi connectivity index (χ0v) is 9.99. The average molecular weight is 217 g/mol. The minimum absolute atomic E-state index is 0.210. The van der Waals surface area contributed by atoms with Gasteiger partial charge in [0.25, 0.3) is 0 Å². The predicted octanol–water partition coefficient (Wildman–Crippen LogP) is 2.10. The molecule has 0 bridgehead atoms. The first-order valence-electron chi connectivity index (χ1n) is 5.98. The van der Waals surface area contributed by atoms with Crippen LogP contribution >= 0.6 is 0 Å². The maximum Gasteiger partial charge on any atom is 0.141 e. The van der Waals surface area contributed by atoms with Crippen LogP contribution in [-0.4, -0.2) is 18.4 Å². The summed E-state index contributed by atoms with van der Waals surface area (Å²) in [6.07, 6.45) is 1.57. The van der Waals surface area contributed by atoms with Crippen LogP contribution in [0.2, 0.25) is 0 Å². The van der Waals surface area contributed by atoms with Crippen molar-refractivity contribution in [1.82, 2.24) is 5.32 Å². The van der Waals surface area contributed by atoms with Crippen LogP contribution in [0.4, 0.5) is 0 Å². The van der Waals surface area contributed by atoms with Crippen LogP contribution < -0.4 is 5.32 Å². The van der Waals surface area contributed by atoms with Gasteiger partial charge in [-0.2, -0.15) is 0 Å². The van der Waals surface area contributed by atoms with Gasteiger partial charge in [0.2, 0.25) is 0 Å². The second-order valence-electron chi connectivity index (χ2n) is 4.77. The number of benzene rings is 1. The normalized spacial score (nSPS) is 24.6. The Morgan fingerprint density at radius 3 is 2.62 bits per heavy atom. The molecule has 0 saturated carbocycles. The summed E-state index contributed by atoms with van der Waals surface area (Å²) in [5.41, 5.74) is 2.38. The van der Waals surface area contributed by atoms with Gasteiger partial charge >= 0.3 is 0 Å². The summed E-state index contributed by atoms with van der Waals surface area (Å²) in [7, 11) is 0. The van der Waals surface area contributed by atoms with Crippen molar-refractivity contribution in [1.29, 1.82) is 0 Å². The molecule has 1 fully saturated rings. The van der Waals surface area contributed by atoms with Crippen molar-refractivity contribution in [2.24, 2.45) is 5.92 Å². The molecular formula is C14H19NO. The lowest BCUT2D eigenvalue weighted by atomic mass is 9.92. The fraction of sp³-hybridized carbons (Fsp3) is 0.500. The lowest BCUT2D eigenvalue weighted by Gasteiger charge is -2.13. The molecule has 16 heavy (non-hydrogen) atoms. The Labute approximate surface area is 97.1 Å². The van der Waals surface area contributed by atoms with Gasteiger partial charge in [-0.05, 0) is 32.4 Å². The van der Waals surface area contributed by atoms with Crippen LogP contribution in [0, 0.1) is 12.8 Å². The maximum atomic E-state index is 12.1. The van der Waals surface area contributed by atoms with Crippen molar-refractivity contribution >= 4 is 5.78 Å². The maximum absolute atomic E-state index is 12.1. The van der Waals surface area contributed by atoms with Gasteiger partial charge < -0.3 is 5.32 Å². The Bertz CT molecular complexity index is 369. The van der Waals surface area contributed by atoms with Gasteiger partial charge in [0.05, 0.1) is 0 Å². The first-order valence-corrected chi connectivity index (χ1v) is 5.98. The second-order valence-corrected chi connectivity index (χ2v) is 4.77. The molecule has 0 aliphatic carbocycles.